The van der Waals surface area contributed by atoms with Gasteiger partial charge in [-0.1, -0.05) is 46.3 Å². The molecule has 0 aliphatic carbocycles. The second-order valence-corrected chi connectivity index (χ2v) is 6.17. The predicted octanol–water partition coefficient (Wildman–Crippen LogP) is 3.70. The number of rotatable bonds is 6. The number of halogens is 1. The van der Waals surface area contributed by atoms with Gasteiger partial charge in [0.15, 0.2) is 0 Å². The first-order valence-electron chi connectivity index (χ1n) is 7.40. The maximum Gasteiger partial charge on any atom is 0.252 e. The maximum atomic E-state index is 12.5. The number of benzene rings is 2. The van der Waals surface area contributed by atoms with Gasteiger partial charge in [-0.15, -0.1) is 0 Å². The van der Waals surface area contributed by atoms with E-state index < -0.39 is 0 Å². The van der Waals surface area contributed by atoms with Crippen molar-refractivity contribution in [1.82, 2.24) is 10.6 Å². The Morgan fingerprint density at radius 3 is 2.50 bits per heavy atom. The van der Waals surface area contributed by atoms with Crippen molar-refractivity contribution >= 4 is 21.8 Å². The van der Waals surface area contributed by atoms with Crippen LogP contribution < -0.4 is 10.6 Å². The molecule has 0 fully saturated rings. The van der Waals surface area contributed by atoms with E-state index in [2.05, 4.69) is 26.6 Å². The van der Waals surface area contributed by atoms with Crippen LogP contribution in [-0.4, -0.2) is 19.5 Å². The van der Waals surface area contributed by atoms with Gasteiger partial charge in [0, 0.05) is 10.0 Å². The number of hydrogen-bond donors (Lipinski definition) is 2. The quantitative estimate of drug-likeness (QED) is 0.824. The van der Waals surface area contributed by atoms with E-state index >= 15 is 0 Å². The van der Waals surface area contributed by atoms with Crippen molar-refractivity contribution in [3.8, 4) is 0 Å². The number of carbonyl (C=O) groups is 1. The Morgan fingerprint density at radius 1 is 1.14 bits per heavy atom. The smallest absolute Gasteiger partial charge is 0.252 e. The molecule has 22 heavy (non-hydrogen) atoms. The molecule has 1 unspecified atom stereocenters. The molecule has 0 heterocycles. The lowest BCUT2D eigenvalue weighted by Crippen LogP contribution is -2.28. The van der Waals surface area contributed by atoms with Crippen molar-refractivity contribution in [2.75, 3.05) is 13.6 Å². The molecule has 0 saturated carbocycles. The minimum absolute atomic E-state index is 0.0258. The van der Waals surface area contributed by atoms with E-state index in [1.807, 2.05) is 62.5 Å². The van der Waals surface area contributed by atoms with Gasteiger partial charge in [0.05, 0.1) is 6.04 Å². The van der Waals surface area contributed by atoms with Gasteiger partial charge in [-0.25, -0.2) is 0 Å². The van der Waals surface area contributed by atoms with Crippen LogP contribution in [0.25, 0.3) is 0 Å². The third-order valence-electron chi connectivity index (χ3n) is 3.62. The first-order chi connectivity index (χ1) is 10.6. The molecule has 3 nitrogen and oxygen atoms in total. The average Bonchev–Trinajstić information content (AvgIpc) is 2.53. The third-order valence-corrected chi connectivity index (χ3v) is 4.15. The molecule has 0 aliphatic heterocycles. The van der Waals surface area contributed by atoms with Crippen LogP contribution in [0.1, 0.15) is 34.5 Å². The van der Waals surface area contributed by atoms with Crippen LogP contribution >= 0.6 is 15.9 Å². The van der Waals surface area contributed by atoms with Crippen LogP contribution in [0, 0.1) is 0 Å². The summed E-state index contributed by atoms with van der Waals surface area (Å²) in [4.78, 5) is 12.5. The second kappa shape index (κ2) is 8.11. The average molecular weight is 361 g/mol. The highest BCUT2D eigenvalue weighted by molar-refractivity contribution is 9.10. The molecule has 0 radical (unpaired) electrons. The summed E-state index contributed by atoms with van der Waals surface area (Å²) >= 11 is 3.42. The zero-order valence-corrected chi connectivity index (χ0v) is 14.5. The molecular weight excluding hydrogens is 340 g/mol. The van der Waals surface area contributed by atoms with Gasteiger partial charge in [0.1, 0.15) is 0 Å². The Hall–Kier alpha value is -1.65. The van der Waals surface area contributed by atoms with Gasteiger partial charge in [-0.3, -0.25) is 4.79 Å². The van der Waals surface area contributed by atoms with E-state index in [0.29, 0.717) is 0 Å². The van der Waals surface area contributed by atoms with E-state index in [4.69, 9.17) is 0 Å². The minimum atomic E-state index is -0.0297. The molecule has 2 rings (SSSR count). The molecule has 1 atom stereocenters. The normalized spacial score (nSPS) is 12.0. The largest absolute Gasteiger partial charge is 0.346 e. The van der Waals surface area contributed by atoms with Crippen LogP contribution in [0.15, 0.2) is 53.0 Å². The Bertz CT molecular complexity index is 625. The lowest BCUT2D eigenvalue weighted by atomic mass is 10.0. The van der Waals surface area contributed by atoms with Crippen molar-refractivity contribution in [1.29, 1.82) is 0 Å². The Morgan fingerprint density at radius 2 is 1.82 bits per heavy atom. The van der Waals surface area contributed by atoms with E-state index in [-0.39, 0.29) is 11.9 Å². The summed E-state index contributed by atoms with van der Waals surface area (Å²) in [6.45, 7) is 2.85. The zero-order valence-electron chi connectivity index (χ0n) is 12.9. The van der Waals surface area contributed by atoms with Gasteiger partial charge in [0.25, 0.3) is 5.91 Å². The molecule has 2 aromatic rings. The summed E-state index contributed by atoms with van der Waals surface area (Å²) in [6.07, 6.45) is 0.840. The van der Waals surface area contributed by atoms with E-state index in [1.165, 1.54) is 0 Å². The molecule has 0 spiro atoms. The summed E-state index contributed by atoms with van der Waals surface area (Å²) < 4.78 is 1.03. The van der Waals surface area contributed by atoms with Gasteiger partial charge in [0.2, 0.25) is 0 Å². The molecule has 0 aliphatic rings. The van der Waals surface area contributed by atoms with Crippen molar-refractivity contribution < 1.29 is 4.79 Å². The zero-order chi connectivity index (χ0) is 15.9. The molecule has 2 N–H and O–H groups in total. The molecule has 0 bridgehead atoms. The van der Waals surface area contributed by atoms with Crippen molar-refractivity contribution in [3.63, 3.8) is 0 Å². The summed E-state index contributed by atoms with van der Waals surface area (Å²) in [5, 5.41) is 6.19. The first-order valence-corrected chi connectivity index (χ1v) is 8.20. The maximum absolute atomic E-state index is 12.5. The fourth-order valence-electron chi connectivity index (χ4n) is 2.33. The van der Waals surface area contributed by atoms with E-state index in [1.54, 1.807) is 0 Å². The monoisotopic (exact) mass is 360 g/mol. The van der Waals surface area contributed by atoms with Crippen molar-refractivity contribution in [2.24, 2.45) is 0 Å². The molecule has 0 aromatic heterocycles. The van der Waals surface area contributed by atoms with Crippen molar-refractivity contribution in [3.05, 3.63) is 69.7 Å². The standard InChI is InChI=1S/C18H21BrN2O/c1-13(14-7-9-16(19)10-8-14)21-18(22)17-6-4-3-5-15(17)11-12-20-2/h3-10,13,20H,11-12H2,1-2H3,(H,21,22). The van der Waals surface area contributed by atoms with Crippen LogP contribution in [0.5, 0.6) is 0 Å². The van der Waals surface area contributed by atoms with Gasteiger partial charge in [-0.05, 0) is 56.3 Å². The molecule has 4 heteroatoms. The lowest BCUT2D eigenvalue weighted by molar-refractivity contribution is 0.0939. The molecular formula is C18H21BrN2O. The Kier molecular flexibility index (Phi) is 6.16. The number of likely N-dealkylation sites (N-methyl/N-ethyl adjacent to an activating group) is 1. The van der Waals surface area contributed by atoms with Crippen LogP contribution in [-0.2, 0) is 6.42 Å². The highest BCUT2D eigenvalue weighted by Gasteiger charge is 2.14. The fraction of sp³-hybridized carbons (Fsp3) is 0.278. The number of hydrogen-bond acceptors (Lipinski definition) is 2. The third kappa shape index (κ3) is 4.42. The summed E-state index contributed by atoms with van der Waals surface area (Å²) in [6, 6.07) is 15.7. The molecule has 0 saturated heterocycles. The van der Waals surface area contributed by atoms with Crippen LogP contribution in [0.3, 0.4) is 0 Å². The SMILES string of the molecule is CNCCc1ccccc1C(=O)NC(C)c1ccc(Br)cc1. The first kappa shape index (κ1) is 16.7. The van der Waals surface area contributed by atoms with E-state index in [0.717, 1.165) is 34.1 Å². The van der Waals surface area contributed by atoms with Gasteiger partial charge in [-0.2, -0.15) is 0 Å². The highest BCUT2D eigenvalue weighted by atomic mass is 79.9. The molecule has 1 amide bonds. The molecule has 116 valence electrons. The summed E-state index contributed by atoms with van der Waals surface area (Å²) in [5.74, 6) is -0.0258. The molecule has 2 aromatic carbocycles. The Labute approximate surface area is 140 Å². The van der Waals surface area contributed by atoms with Crippen LogP contribution in [0.2, 0.25) is 0 Å². The lowest BCUT2D eigenvalue weighted by Gasteiger charge is -2.16. The van der Waals surface area contributed by atoms with Crippen molar-refractivity contribution in [2.45, 2.75) is 19.4 Å². The highest BCUT2D eigenvalue weighted by Crippen LogP contribution is 2.18. The minimum Gasteiger partial charge on any atom is -0.346 e. The fourth-order valence-corrected chi connectivity index (χ4v) is 2.59. The number of carbonyl (C=O) groups excluding carboxylic acids is 1. The van der Waals surface area contributed by atoms with Crippen LogP contribution in [0.4, 0.5) is 0 Å². The Balaban J connectivity index is 2.10. The van der Waals surface area contributed by atoms with E-state index in [9.17, 15) is 4.79 Å². The summed E-state index contributed by atoms with van der Waals surface area (Å²) in [5.41, 5.74) is 2.91. The number of amides is 1. The number of nitrogens with one attached hydrogen (secondary N) is 2. The van der Waals surface area contributed by atoms with Gasteiger partial charge >= 0.3 is 0 Å². The second-order valence-electron chi connectivity index (χ2n) is 5.26. The van der Waals surface area contributed by atoms with Gasteiger partial charge < -0.3 is 10.6 Å². The topological polar surface area (TPSA) is 41.1 Å². The summed E-state index contributed by atoms with van der Waals surface area (Å²) in [7, 11) is 1.91. The predicted molar refractivity (Wildman–Crippen MR) is 94.1 cm³/mol.